The maximum absolute atomic E-state index is 2.55. The van der Waals surface area contributed by atoms with E-state index in [2.05, 4.69) is 7.85 Å². The molecule has 9 atom stereocenters. The van der Waals surface area contributed by atoms with Crippen molar-refractivity contribution in [1.29, 1.82) is 0 Å². The smallest absolute Gasteiger partial charge is 0.0661 e. The first kappa shape index (κ1) is 6.53. The molecule has 0 saturated heterocycles. The summed E-state index contributed by atoms with van der Waals surface area (Å²) in [7, 11) is 2.55. The van der Waals surface area contributed by atoms with E-state index in [4.69, 9.17) is 0 Å². The highest BCUT2D eigenvalue weighted by atomic mass is 14.8. The van der Waals surface area contributed by atoms with Crippen molar-refractivity contribution < 1.29 is 0 Å². The van der Waals surface area contributed by atoms with Crippen molar-refractivity contribution in [3.05, 3.63) is 0 Å². The lowest BCUT2D eigenvalue weighted by atomic mass is 9.19. The minimum Gasteiger partial charge on any atom is -0.0661 e. The van der Waals surface area contributed by atoms with Gasteiger partial charge in [0, 0.05) is 0 Å². The average molecular weight is 172 g/mol. The van der Waals surface area contributed by atoms with E-state index in [1.165, 1.54) is 47.3 Å². The molecule has 0 bridgehead atoms. The molecular formula is C12H17B. The maximum Gasteiger partial charge on any atom is 0.105 e. The van der Waals surface area contributed by atoms with Crippen molar-refractivity contribution in [2.24, 2.45) is 47.3 Å². The first-order valence-electron chi connectivity index (χ1n) is 6.38. The molecule has 13 heavy (non-hydrogen) atoms. The maximum atomic E-state index is 2.55. The molecule has 0 spiro atoms. The molecule has 0 radical (unpaired) electrons. The van der Waals surface area contributed by atoms with Gasteiger partial charge in [0.2, 0.25) is 0 Å². The standard InChI is InChI=1S/C12H17B/c13-7-3-6-4-1-2-5-8(7)12-10(5)9(4)11(6)12/h4-12H,1-3,13H2. The van der Waals surface area contributed by atoms with Gasteiger partial charge in [-0.05, 0) is 60.2 Å². The quantitative estimate of drug-likeness (QED) is 0.486. The molecule has 5 fully saturated rings. The minimum absolute atomic E-state index is 1.11. The minimum atomic E-state index is 1.11. The monoisotopic (exact) mass is 172 g/mol. The number of hydrogen-bond acceptors (Lipinski definition) is 0. The predicted molar refractivity (Wildman–Crippen MR) is 54.1 cm³/mol. The molecule has 0 heterocycles. The molecule has 9 unspecified atom stereocenters. The lowest BCUT2D eigenvalue weighted by molar-refractivity contribution is -0.359. The van der Waals surface area contributed by atoms with Crippen LogP contribution in [0.3, 0.4) is 0 Å². The summed E-state index contributed by atoms with van der Waals surface area (Å²) in [5, 5.41) is 0. The van der Waals surface area contributed by atoms with Gasteiger partial charge in [-0.15, -0.1) is 0 Å². The molecule has 0 aromatic rings. The number of fused-ring (bicyclic) bond motifs is 2. The van der Waals surface area contributed by atoms with Crippen molar-refractivity contribution in [3.63, 3.8) is 0 Å². The van der Waals surface area contributed by atoms with Crippen LogP contribution in [-0.4, -0.2) is 7.85 Å². The van der Waals surface area contributed by atoms with Gasteiger partial charge in [-0.3, -0.25) is 0 Å². The Balaban J connectivity index is 1.69. The van der Waals surface area contributed by atoms with Gasteiger partial charge in [-0.25, -0.2) is 0 Å². The largest absolute Gasteiger partial charge is 0.105 e. The van der Waals surface area contributed by atoms with Crippen molar-refractivity contribution in [3.8, 4) is 0 Å². The lowest BCUT2D eigenvalue weighted by Gasteiger charge is -2.85. The van der Waals surface area contributed by atoms with Crippen LogP contribution in [0, 0.1) is 47.3 Å². The highest BCUT2D eigenvalue weighted by Gasteiger charge is 2.79. The molecule has 68 valence electrons. The molecule has 0 N–H and O–H groups in total. The summed E-state index contributed by atoms with van der Waals surface area (Å²) in [6.07, 6.45) is 4.87. The molecule has 0 aliphatic heterocycles. The van der Waals surface area contributed by atoms with E-state index in [9.17, 15) is 0 Å². The third-order valence-electron chi connectivity index (χ3n) is 6.88. The van der Waals surface area contributed by atoms with E-state index in [0.29, 0.717) is 0 Å². The summed E-state index contributed by atoms with van der Waals surface area (Å²) in [5.74, 6) is 11.1. The number of rotatable bonds is 0. The lowest BCUT2D eigenvalue weighted by Crippen LogP contribution is -2.80. The van der Waals surface area contributed by atoms with Crippen molar-refractivity contribution in [2.75, 3.05) is 0 Å². The fourth-order valence-corrected chi connectivity index (χ4v) is 6.82. The van der Waals surface area contributed by atoms with Crippen LogP contribution in [0.15, 0.2) is 0 Å². The third-order valence-corrected chi connectivity index (χ3v) is 6.88. The summed E-state index contributed by atoms with van der Waals surface area (Å²) in [6, 6.07) is 0. The molecule has 5 aliphatic rings. The topological polar surface area (TPSA) is 0 Å². The average Bonchev–Trinajstić information content (AvgIpc) is 1.99. The Morgan fingerprint density at radius 3 is 2.31 bits per heavy atom. The molecule has 0 aromatic heterocycles. The predicted octanol–water partition coefficient (Wildman–Crippen LogP) is 1.58. The summed E-state index contributed by atoms with van der Waals surface area (Å²) < 4.78 is 0. The fraction of sp³-hybridized carbons (Fsp3) is 1.00. The van der Waals surface area contributed by atoms with Gasteiger partial charge in [0.15, 0.2) is 0 Å². The van der Waals surface area contributed by atoms with E-state index in [0.717, 1.165) is 5.82 Å². The van der Waals surface area contributed by atoms with Gasteiger partial charge in [-0.2, -0.15) is 0 Å². The molecule has 0 aromatic carbocycles. The summed E-state index contributed by atoms with van der Waals surface area (Å²) in [4.78, 5) is 0. The van der Waals surface area contributed by atoms with Crippen molar-refractivity contribution in [2.45, 2.75) is 25.1 Å². The Hall–Kier alpha value is 0.0649. The second kappa shape index (κ2) is 1.63. The summed E-state index contributed by atoms with van der Waals surface area (Å²) in [5.41, 5.74) is 0. The molecule has 0 amide bonds. The SMILES string of the molecule is BC1CC2C3CCC4C1C1C2C3C41. The van der Waals surface area contributed by atoms with Crippen LogP contribution in [0.5, 0.6) is 0 Å². The van der Waals surface area contributed by atoms with E-state index >= 15 is 0 Å². The van der Waals surface area contributed by atoms with Crippen LogP contribution in [-0.2, 0) is 0 Å². The van der Waals surface area contributed by atoms with Crippen molar-refractivity contribution in [1.82, 2.24) is 0 Å². The van der Waals surface area contributed by atoms with Crippen LogP contribution in [0.1, 0.15) is 19.3 Å². The Morgan fingerprint density at radius 1 is 0.692 bits per heavy atom. The van der Waals surface area contributed by atoms with Crippen LogP contribution in [0.2, 0.25) is 5.82 Å². The second-order valence-corrected chi connectivity index (χ2v) is 6.67. The van der Waals surface area contributed by atoms with Crippen LogP contribution in [0.25, 0.3) is 0 Å². The van der Waals surface area contributed by atoms with Gasteiger partial charge in [0.05, 0.1) is 0 Å². The Labute approximate surface area is 80.9 Å². The Kier molecular flexibility index (Phi) is 0.821. The summed E-state index contributed by atoms with van der Waals surface area (Å²) in [6.45, 7) is 0. The van der Waals surface area contributed by atoms with E-state index < -0.39 is 0 Å². The zero-order chi connectivity index (χ0) is 8.32. The van der Waals surface area contributed by atoms with E-state index in [1.807, 2.05) is 0 Å². The second-order valence-electron chi connectivity index (χ2n) is 6.67. The van der Waals surface area contributed by atoms with Gasteiger partial charge in [0.1, 0.15) is 7.85 Å². The molecule has 5 rings (SSSR count). The van der Waals surface area contributed by atoms with Crippen molar-refractivity contribution >= 4 is 7.85 Å². The van der Waals surface area contributed by atoms with E-state index in [-0.39, 0.29) is 0 Å². The first-order valence-corrected chi connectivity index (χ1v) is 6.38. The van der Waals surface area contributed by atoms with Gasteiger partial charge < -0.3 is 0 Å². The van der Waals surface area contributed by atoms with Crippen LogP contribution < -0.4 is 0 Å². The molecule has 1 heteroatoms. The van der Waals surface area contributed by atoms with Gasteiger partial charge >= 0.3 is 0 Å². The molecular weight excluding hydrogens is 155 g/mol. The highest BCUT2D eigenvalue weighted by molar-refractivity contribution is 6.12. The zero-order valence-corrected chi connectivity index (χ0v) is 8.32. The first-order chi connectivity index (χ1) is 6.38. The Morgan fingerprint density at radius 2 is 1.38 bits per heavy atom. The normalized spacial score (nSPS) is 80.5. The molecule has 0 nitrogen and oxygen atoms in total. The highest BCUT2D eigenvalue weighted by Crippen LogP contribution is 2.84. The fourth-order valence-electron chi connectivity index (χ4n) is 6.82. The third kappa shape index (κ3) is 0.434. The molecule has 5 saturated carbocycles. The summed E-state index contributed by atoms with van der Waals surface area (Å²) >= 11 is 0. The van der Waals surface area contributed by atoms with Crippen LogP contribution >= 0.6 is 0 Å². The van der Waals surface area contributed by atoms with Crippen LogP contribution in [0.4, 0.5) is 0 Å². The zero-order valence-electron chi connectivity index (χ0n) is 8.32. The van der Waals surface area contributed by atoms with Gasteiger partial charge in [0.25, 0.3) is 0 Å². The van der Waals surface area contributed by atoms with E-state index in [1.54, 1.807) is 19.3 Å². The Bertz CT molecular complexity index is 270. The molecule has 5 aliphatic carbocycles. The van der Waals surface area contributed by atoms with Gasteiger partial charge in [-0.1, -0.05) is 12.2 Å². The number of hydrogen-bond donors (Lipinski definition) is 0.